The molecule has 0 amide bonds. The Bertz CT molecular complexity index is 3880. The maximum Gasteiger partial charge on any atom is 0.164 e. The van der Waals surface area contributed by atoms with Crippen LogP contribution < -0.4 is 0 Å². The zero-order valence-electron chi connectivity index (χ0n) is 36.4. The van der Waals surface area contributed by atoms with Gasteiger partial charge in [-0.05, 0) is 117 Å². The number of hydrogen-bond donors (Lipinski definition) is 0. The number of nitrogens with zero attached hydrogens (tertiary/aromatic N) is 3. The van der Waals surface area contributed by atoms with Gasteiger partial charge in [0.25, 0.3) is 0 Å². The lowest BCUT2D eigenvalue weighted by atomic mass is 9.70. The van der Waals surface area contributed by atoms with Gasteiger partial charge in [-0.1, -0.05) is 218 Å². The van der Waals surface area contributed by atoms with Gasteiger partial charge >= 0.3 is 0 Å². The molecule has 310 valence electrons. The van der Waals surface area contributed by atoms with Crippen LogP contribution in [-0.4, -0.2) is 15.0 Å². The van der Waals surface area contributed by atoms with Crippen molar-refractivity contribution in [3.05, 3.63) is 259 Å². The monoisotopic (exact) mass is 849 g/mol. The molecule has 67 heavy (non-hydrogen) atoms. The average molecular weight is 850 g/mol. The summed E-state index contributed by atoms with van der Waals surface area (Å²) in [7, 11) is 0. The van der Waals surface area contributed by atoms with E-state index in [4.69, 9.17) is 15.0 Å². The van der Waals surface area contributed by atoms with Crippen LogP contribution in [0.25, 0.3) is 111 Å². The lowest BCUT2D eigenvalue weighted by molar-refractivity contribution is 0.794. The van der Waals surface area contributed by atoms with Crippen LogP contribution in [0.2, 0.25) is 0 Å². The molecule has 3 nitrogen and oxygen atoms in total. The van der Waals surface area contributed by atoms with Gasteiger partial charge in [-0.15, -0.1) is 0 Å². The topological polar surface area (TPSA) is 38.7 Å². The van der Waals surface area contributed by atoms with E-state index in [2.05, 4.69) is 200 Å². The first-order valence-electron chi connectivity index (χ1n) is 23.0. The number of aromatic nitrogens is 3. The summed E-state index contributed by atoms with van der Waals surface area (Å²) < 4.78 is 0. The maximum atomic E-state index is 5.08. The summed E-state index contributed by atoms with van der Waals surface area (Å²) in [5.41, 5.74) is 17.8. The number of fused-ring (bicyclic) bond motifs is 16. The van der Waals surface area contributed by atoms with Gasteiger partial charge in [0.2, 0.25) is 0 Å². The van der Waals surface area contributed by atoms with Crippen molar-refractivity contribution in [1.82, 2.24) is 15.0 Å². The zero-order valence-corrected chi connectivity index (χ0v) is 36.4. The predicted molar refractivity (Wildman–Crippen MR) is 276 cm³/mol. The Balaban J connectivity index is 0.934. The number of rotatable bonds is 5. The Labute approximate surface area is 388 Å². The van der Waals surface area contributed by atoms with Crippen LogP contribution in [0.15, 0.2) is 237 Å². The van der Waals surface area contributed by atoms with E-state index in [1.54, 1.807) is 0 Å². The van der Waals surface area contributed by atoms with Crippen molar-refractivity contribution in [1.29, 1.82) is 0 Å². The molecule has 0 atom stereocenters. The third kappa shape index (κ3) is 5.55. The SMILES string of the molecule is c1ccc(-c2nc(-c3ccccc3)nc(-c3cccc(-c4cccc5c6ccccc6c6cc(-c7ccc8c(c7)-c7ccccc7C87c8ccccc8-c8ccccc87)ccc6c45)c3)n2)cc1. The molecule has 0 unspecified atom stereocenters. The van der Waals surface area contributed by atoms with Gasteiger partial charge in [-0.3, -0.25) is 0 Å². The lowest BCUT2D eigenvalue weighted by Gasteiger charge is -2.30. The van der Waals surface area contributed by atoms with Gasteiger partial charge < -0.3 is 0 Å². The van der Waals surface area contributed by atoms with E-state index >= 15 is 0 Å². The molecule has 3 heteroatoms. The average Bonchev–Trinajstić information content (AvgIpc) is 3.88. The van der Waals surface area contributed by atoms with Gasteiger partial charge in [0.05, 0.1) is 5.41 Å². The van der Waals surface area contributed by atoms with Crippen LogP contribution in [0.5, 0.6) is 0 Å². The van der Waals surface area contributed by atoms with E-state index in [-0.39, 0.29) is 5.41 Å². The molecule has 14 rings (SSSR count). The highest BCUT2D eigenvalue weighted by atomic mass is 15.0. The number of benzene rings is 11. The summed E-state index contributed by atoms with van der Waals surface area (Å²) >= 11 is 0. The third-order valence-electron chi connectivity index (χ3n) is 14.3. The standard InChI is InChI=1S/C64H39N3/c1-3-17-40(18-4-1)61-65-62(41-19-5-2-6-20-41)67-63(66-61)45-22-15-21-44(37-45)46-28-16-29-52-47-23-7-8-24-48(47)54-38-42(33-35-53(54)60(46)52)43-34-36-59-55(39-43)51-27-11-14-32-58(51)64(59)56-30-12-9-25-49(56)50-26-10-13-31-57(50)64/h1-39H. The van der Waals surface area contributed by atoms with Crippen LogP contribution >= 0.6 is 0 Å². The summed E-state index contributed by atoms with van der Waals surface area (Å²) in [6.45, 7) is 0. The van der Waals surface area contributed by atoms with E-state index in [1.807, 2.05) is 36.4 Å². The van der Waals surface area contributed by atoms with E-state index in [9.17, 15) is 0 Å². The van der Waals surface area contributed by atoms with Gasteiger partial charge in [-0.2, -0.15) is 0 Å². The van der Waals surface area contributed by atoms with Crippen LogP contribution in [-0.2, 0) is 5.41 Å². The molecule has 0 saturated heterocycles. The fraction of sp³-hybridized carbons (Fsp3) is 0.0156. The van der Waals surface area contributed by atoms with Crippen molar-refractivity contribution < 1.29 is 0 Å². The van der Waals surface area contributed by atoms with E-state index in [0.29, 0.717) is 17.5 Å². The molecule has 0 aliphatic heterocycles. The Morgan fingerprint density at radius 3 is 1.28 bits per heavy atom. The van der Waals surface area contributed by atoms with E-state index < -0.39 is 0 Å². The molecular formula is C64H39N3. The number of hydrogen-bond acceptors (Lipinski definition) is 3. The van der Waals surface area contributed by atoms with Gasteiger partial charge in [0.1, 0.15) is 0 Å². The minimum atomic E-state index is -0.359. The first kappa shape index (κ1) is 37.6. The minimum Gasteiger partial charge on any atom is -0.208 e. The summed E-state index contributed by atoms with van der Waals surface area (Å²) in [5.74, 6) is 1.93. The Morgan fingerprint density at radius 2 is 0.642 bits per heavy atom. The normalized spacial score (nSPS) is 12.9. The second-order valence-corrected chi connectivity index (χ2v) is 17.8. The van der Waals surface area contributed by atoms with Crippen molar-refractivity contribution in [2.75, 3.05) is 0 Å². The van der Waals surface area contributed by atoms with Gasteiger partial charge in [-0.25, -0.2) is 15.0 Å². The highest BCUT2D eigenvalue weighted by Gasteiger charge is 2.51. The predicted octanol–water partition coefficient (Wildman–Crippen LogP) is 16.0. The molecule has 0 saturated carbocycles. The largest absolute Gasteiger partial charge is 0.208 e. The second-order valence-electron chi connectivity index (χ2n) is 17.8. The summed E-state index contributed by atoms with van der Waals surface area (Å²) in [6.07, 6.45) is 0. The quantitative estimate of drug-likeness (QED) is 0.162. The lowest BCUT2D eigenvalue weighted by Crippen LogP contribution is -2.25. The maximum absolute atomic E-state index is 5.08. The first-order chi connectivity index (χ1) is 33.2. The second kappa shape index (κ2) is 14.6. The van der Waals surface area contributed by atoms with Crippen molar-refractivity contribution >= 4 is 32.3 Å². The molecule has 0 N–H and O–H groups in total. The fourth-order valence-electron chi connectivity index (χ4n) is 11.5. The molecule has 2 aliphatic carbocycles. The first-order valence-corrected chi connectivity index (χ1v) is 23.0. The fourth-order valence-corrected chi connectivity index (χ4v) is 11.5. The highest BCUT2D eigenvalue weighted by Crippen LogP contribution is 2.63. The summed E-state index contributed by atoms with van der Waals surface area (Å²) in [5, 5.41) is 7.40. The minimum absolute atomic E-state index is 0.359. The Morgan fingerprint density at radius 1 is 0.224 bits per heavy atom. The van der Waals surface area contributed by atoms with Crippen molar-refractivity contribution in [3.63, 3.8) is 0 Å². The molecule has 11 aromatic carbocycles. The molecule has 12 aromatic rings. The van der Waals surface area contributed by atoms with E-state index in [1.165, 1.54) is 93.5 Å². The molecule has 0 fully saturated rings. The molecule has 1 heterocycles. The van der Waals surface area contributed by atoms with Gasteiger partial charge in [0.15, 0.2) is 17.5 Å². The van der Waals surface area contributed by atoms with Crippen molar-refractivity contribution in [2.24, 2.45) is 0 Å². The van der Waals surface area contributed by atoms with Crippen molar-refractivity contribution in [2.45, 2.75) is 5.41 Å². The molecule has 1 aromatic heterocycles. The summed E-state index contributed by atoms with van der Waals surface area (Å²) in [4.78, 5) is 15.1. The smallest absolute Gasteiger partial charge is 0.164 e. The summed E-state index contributed by atoms with van der Waals surface area (Å²) in [6, 6.07) is 86.0. The molecule has 0 bridgehead atoms. The van der Waals surface area contributed by atoms with Crippen LogP contribution in [0.1, 0.15) is 22.3 Å². The molecular weight excluding hydrogens is 811 g/mol. The molecule has 1 spiro atoms. The zero-order chi connectivity index (χ0) is 44.1. The van der Waals surface area contributed by atoms with E-state index in [0.717, 1.165) is 22.3 Å². The van der Waals surface area contributed by atoms with Gasteiger partial charge in [0, 0.05) is 16.7 Å². The van der Waals surface area contributed by atoms with Crippen LogP contribution in [0.3, 0.4) is 0 Å². The molecule has 2 aliphatic rings. The molecule has 0 radical (unpaired) electrons. The van der Waals surface area contributed by atoms with Crippen molar-refractivity contribution in [3.8, 4) is 78.7 Å². The van der Waals surface area contributed by atoms with Crippen LogP contribution in [0, 0.1) is 0 Å². The highest BCUT2D eigenvalue weighted by molar-refractivity contribution is 6.29. The Kier molecular flexibility index (Phi) is 8.20. The third-order valence-corrected chi connectivity index (χ3v) is 14.3. The van der Waals surface area contributed by atoms with Crippen LogP contribution in [0.4, 0.5) is 0 Å². The Hall–Kier alpha value is -8.79.